The smallest absolute Gasteiger partial charge is 0.231 e. The van der Waals surface area contributed by atoms with Crippen molar-refractivity contribution >= 4 is 5.69 Å². The molecule has 1 aliphatic heterocycles. The van der Waals surface area contributed by atoms with Gasteiger partial charge in [-0.1, -0.05) is 0 Å². The standard InChI is InChI=1S/C12H17NO4/c1-13(7-12(14-2)15-3)9-4-5-10-11(6-9)17-8-16-10/h4-6,12H,7-8H2,1-3H3. The van der Waals surface area contributed by atoms with Gasteiger partial charge in [0.05, 0.1) is 6.54 Å². The maximum absolute atomic E-state index is 5.34. The zero-order valence-electron chi connectivity index (χ0n) is 10.3. The molecule has 0 amide bonds. The van der Waals surface area contributed by atoms with Crippen LogP contribution in [-0.2, 0) is 9.47 Å². The summed E-state index contributed by atoms with van der Waals surface area (Å²) in [5.74, 6) is 1.57. The summed E-state index contributed by atoms with van der Waals surface area (Å²) in [6, 6.07) is 5.84. The Kier molecular flexibility index (Phi) is 3.71. The molecule has 0 aromatic heterocycles. The van der Waals surface area contributed by atoms with Crippen molar-refractivity contribution in [1.82, 2.24) is 0 Å². The van der Waals surface area contributed by atoms with Gasteiger partial charge in [0.15, 0.2) is 17.8 Å². The lowest BCUT2D eigenvalue weighted by Crippen LogP contribution is -2.31. The molecule has 0 bridgehead atoms. The molecule has 0 saturated heterocycles. The molecule has 0 saturated carbocycles. The SMILES string of the molecule is COC(CN(C)c1ccc2c(c1)OCO2)OC. The Balaban J connectivity index is 2.06. The minimum Gasteiger partial charge on any atom is -0.454 e. The summed E-state index contributed by atoms with van der Waals surface area (Å²) >= 11 is 0. The fourth-order valence-electron chi connectivity index (χ4n) is 1.70. The third-order valence-electron chi connectivity index (χ3n) is 2.75. The molecule has 1 aromatic rings. The first-order valence-corrected chi connectivity index (χ1v) is 5.41. The van der Waals surface area contributed by atoms with Crippen molar-refractivity contribution in [2.24, 2.45) is 0 Å². The van der Waals surface area contributed by atoms with Crippen LogP contribution in [0.15, 0.2) is 18.2 Å². The summed E-state index contributed by atoms with van der Waals surface area (Å²) in [6.07, 6.45) is -0.245. The number of benzene rings is 1. The van der Waals surface area contributed by atoms with E-state index in [2.05, 4.69) is 0 Å². The van der Waals surface area contributed by atoms with Gasteiger partial charge in [0.2, 0.25) is 6.79 Å². The second-order valence-corrected chi connectivity index (χ2v) is 3.82. The highest BCUT2D eigenvalue weighted by atomic mass is 16.7. The molecule has 0 unspecified atom stereocenters. The normalized spacial score (nSPS) is 13.2. The van der Waals surface area contributed by atoms with Gasteiger partial charge in [-0.2, -0.15) is 0 Å². The second-order valence-electron chi connectivity index (χ2n) is 3.82. The molecule has 0 N–H and O–H groups in total. The predicted molar refractivity (Wildman–Crippen MR) is 63.6 cm³/mol. The van der Waals surface area contributed by atoms with Crippen LogP contribution in [-0.4, -0.2) is 40.9 Å². The van der Waals surface area contributed by atoms with Crippen LogP contribution in [0.5, 0.6) is 11.5 Å². The number of hydrogen-bond acceptors (Lipinski definition) is 5. The van der Waals surface area contributed by atoms with Gasteiger partial charge in [-0.25, -0.2) is 0 Å². The highest BCUT2D eigenvalue weighted by molar-refractivity contribution is 5.56. The lowest BCUT2D eigenvalue weighted by atomic mass is 10.2. The molecule has 17 heavy (non-hydrogen) atoms. The number of ether oxygens (including phenoxy) is 4. The Bertz CT molecular complexity index is 379. The van der Waals surface area contributed by atoms with E-state index in [0.717, 1.165) is 17.2 Å². The van der Waals surface area contributed by atoms with Crippen molar-refractivity contribution < 1.29 is 18.9 Å². The average Bonchev–Trinajstić information content (AvgIpc) is 2.82. The highest BCUT2D eigenvalue weighted by Gasteiger charge is 2.16. The van der Waals surface area contributed by atoms with E-state index in [1.54, 1.807) is 14.2 Å². The van der Waals surface area contributed by atoms with Crippen molar-refractivity contribution in [3.63, 3.8) is 0 Å². The number of fused-ring (bicyclic) bond motifs is 1. The van der Waals surface area contributed by atoms with Gasteiger partial charge in [0.1, 0.15) is 0 Å². The lowest BCUT2D eigenvalue weighted by molar-refractivity contribution is -0.0944. The maximum atomic E-state index is 5.34. The van der Waals surface area contributed by atoms with Gasteiger partial charge in [0, 0.05) is 33.0 Å². The summed E-state index contributed by atoms with van der Waals surface area (Å²) in [4.78, 5) is 2.04. The van der Waals surface area contributed by atoms with Crippen LogP contribution in [0.3, 0.4) is 0 Å². The topological polar surface area (TPSA) is 40.2 Å². The average molecular weight is 239 g/mol. The van der Waals surface area contributed by atoms with E-state index in [9.17, 15) is 0 Å². The zero-order chi connectivity index (χ0) is 12.3. The van der Waals surface area contributed by atoms with Crippen LogP contribution < -0.4 is 14.4 Å². The summed E-state index contributed by atoms with van der Waals surface area (Å²) in [7, 11) is 5.23. The van der Waals surface area contributed by atoms with E-state index in [4.69, 9.17) is 18.9 Å². The van der Waals surface area contributed by atoms with E-state index in [-0.39, 0.29) is 6.29 Å². The molecular weight excluding hydrogens is 222 g/mol. The van der Waals surface area contributed by atoms with E-state index >= 15 is 0 Å². The molecule has 5 nitrogen and oxygen atoms in total. The van der Waals surface area contributed by atoms with Gasteiger partial charge in [-0.15, -0.1) is 0 Å². The van der Waals surface area contributed by atoms with Gasteiger partial charge >= 0.3 is 0 Å². The molecule has 0 atom stereocenters. The van der Waals surface area contributed by atoms with Crippen LogP contribution in [0, 0.1) is 0 Å². The summed E-state index contributed by atoms with van der Waals surface area (Å²) in [5, 5.41) is 0. The lowest BCUT2D eigenvalue weighted by Gasteiger charge is -2.24. The van der Waals surface area contributed by atoms with Gasteiger partial charge in [-0.05, 0) is 12.1 Å². The van der Waals surface area contributed by atoms with E-state index in [1.807, 2.05) is 30.1 Å². The first-order chi connectivity index (χ1) is 8.24. The third-order valence-corrected chi connectivity index (χ3v) is 2.75. The number of rotatable bonds is 5. The van der Waals surface area contributed by atoms with Gasteiger partial charge in [-0.3, -0.25) is 0 Å². The Morgan fingerprint density at radius 3 is 2.65 bits per heavy atom. The van der Waals surface area contributed by atoms with Gasteiger partial charge in [0.25, 0.3) is 0 Å². The van der Waals surface area contributed by atoms with Crippen molar-refractivity contribution in [3.05, 3.63) is 18.2 Å². The molecule has 0 aliphatic carbocycles. The highest BCUT2D eigenvalue weighted by Crippen LogP contribution is 2.35. The monoisotopic (exact) mass is 239 g/mol. The summed E-state index contributed by atoms with van der Waals surface area (Å²) in [6.45, 7) is 0.938. The Labute approximate surface area is 101 Å². The predicted octanol–water partition coefficient (Wildman–Crippen LogP) is 1.47. The first kappa shape index (κ1) is 12.0. The summed E-state index contributed by atoms with van der Waals surface area (Å²) < 4.78 is 20.9. The maximum Gasteiger partial charge on any atom is 0.231 e. The number of methoxy groups -OCH3 is 2. The van der Waals surface area contributed by atoms with Crippen LogP contribution in [0.1, 0.15) is 0 Å². The Morgan fingerprint density at radius 2 is 1.94 bits per heavy atom. The minimum absolute atomic E-state index is 0.245. The number of likely N-dealkylation sites (N-methyl/N-ethyl adjacent to an activating group) is 1. The molecule has 1 aromatic carbocycles. The molecule has 1 aliphatic rings. The molecule has 0 fully saturated rings. The molecule has 1 heterocycles. The Morgan fingerprint density at radius 1 is 1.24 bits per heavy atom. The van der Waals surface area contributed by atoms with E-state index in [1.165, 1.54) is 0 Å². The molecule has 0 spiro atoms. The minimum atomic E-state index is -0.245. The van der Waals surface area contributed by atoms with Crippen molar-refractivity contribution in [2.45, 2.75) is 6.29 Å². The summed E-state index contributed by atoms with van der Waals surface area (Å²) in [5.41, 5.74) is 1.04. The van der Waals surface area contributed by atoms with Crippen molar-refractivity contribution in [3.8, 4) is 11.5 Å². The van der Waals surface area contributed by atoms with Crippen molar-refractivity contribution in [1.29, 1.82) is 0 Å². The Hall–Kier alpha value is -1.46. The van der Waals surface area contributed by atoms with Gasteiger partial charge < -0.3 is 23.8 Å². The molecule has 5 heteroatoms. The van der Waals surface area contributed by atoms with Crippen LogP contribution in [0.25, 0.3) is 0 Å². The zero-order valence-corrected chi connectivity index (χ0v) is 10.3. The second kappa shape index (κ2) is 5.25. The van der Waals surface area contributed by atoms with E-state index in [0.29, 0.717) is 13.3 Å². The number of anilines is 1. The molecular formula is C12H17NO4. The fraction of sp³-hybridized carbons (Fsp3) is 0.500. The van der Waals surface area contributed by atoms with E-state index < -0.39 is 0 Å². The first-order valence-electron chi connectivity index (χ1n) is 5.41. The largest absolute Gasteiger partial charge is 0.454 e. The van der Waals surface area contributed by atoms with Crippen LogP contribution in [0.2, 0.25) is 0 Å². The van der Waals surface area contributed by atoms with Crippen molar-refractivity contribution in [2.75, 3.05) is 39.5 Å². The molecule has 94 valence electrons. The van der Waals surface area contributed by atoms with Crippen LogP contribution >= 0.6 is 0 Å². The number of hydrogen-bond donors (Lipinski definition) is 0. The van der Waals surface area contributed by atoms with Crippen LogP contribution in [0.4, 0.5) is 5.69 Å². The molecule has 0 radical (unpaired) electrons. The fourth-order valence-corrected chi connectivity index (χ4v) is 1.70. The number of nitrogens with zero attached hydrogens (tertiary/aromatic N) is 1. The third kappa shape index (κ3) is 2.62. The quantitative estimate of drug-likeness (QED) is 0.728. The molecule has 2 rings (SSSR count).